The fraction of sp³-hybridized carbons (Fsp3) is 0.290. The SMILES string of the molecule is CC(C)(C)NC(=O)c1ccc(C(=CC2CCCC2)c2cc3cc(F)cnc3n2S(=O)(=O)c2ccccc2)cc1. The molecule has 0 spiro atoms. The Labute approximate surface area is 228 Å². The van der Waals surface area contributed by atoms with Crippen LogP contribution in [-0.2, 0) is 10.0 Å². The van der Waals surface area contributed by atoms with Crippen LogP contribution in [0.3, 0.4) is 0 Å². The van der Waals surface area contributed by atoms with Crippen LogP contribution >= 0.6 is 0 Å². The molecule has 1 saturated carbocycles. The smallest absolute Gasteiger partial charge is 0.269 e. The molecular formula is C31H32FN3O3S. The third kappa shape index (κ3) is 5.66. The summed E-state index contributed by atoms with van der Waals surface area (Å²) in [7, 11) is -4.07. The third-order valence-electron chi connectivity index (χ3n) is 6.87. The molecule has 2 aromatic heterocycles. The Morgan fingerprint density at radius 2 is 1.64 bits per heavy atom. The molecule has 5 rings (SSSR count). The Bertz CT molecular complexity index is 1650. The first kappa shape index (κ1) is 26.8. The molecule has 0 unspecified atom stereocenters. The quantitative estimate of drug-likeness (QED) is 0.297. The van der Waals surface area contributed by atoms with E-state index >= 15 is 0 Å². The number of nitrogens with one attached hydrogen (secondary N) is 1. The van der Waals surface area contributed by atoms with E-state index in [-0.39, 0.29) is 27.9 Å². The molecule has 2 heterocycles. The Kier molecular flexibility index (Phi) is 7.16. The summed E-state index contributed by atoms with van der Waals surface area (Å²) in [6.45, 7) is 5.76. The van der Waals surface area contributed by atoms with Crippen LogP contribution in [0.25, 0.3) is 16.6 Å². The van der Waals surface area contributed by atoms with Crippen molar-refractivity contribution in [3.63, 3.8) is 0 Å². The molecule has 0 bridgehead atoms. The molecule has 202 valence electrons. The molecule has 6 nitrogen and oxygen atoms in total. The van der Waals surface area contributed by atoms with Gasteiger partial charge in [-0.3, -0.25) is 4.79 Å². The monoisotopic (exact) mass is 545 g/mol. The molecule has 0 atom stereocenters. The molecular weight excluding hydrogens is 513 g/mol. The van der Waals surface area contributed by atoms with Crippen LogP contribution in [0.1, 0.15) is 68.1 Å². The van der Waals surface area contributed by atoms with Crippen LogP contribution in [0.5, 0.6) is 0 Å². The predicted molar refractivity (Wildman–Crippen MR) is 151 cm³/mol. The van der Waals surface area contributed by atoms with E-state index in [1.54, 1.807) is 36.4 Å². The molecule has 0 radical (unpaired) electrons. The average molecular weight is 546 g/mol. The number of hydrogen-bond acceptors (Lipinski definition) is 4. The predicted octanol–water partition coefficient (Wildman–Crippen LogP) is 6.56. The maximum atomic E-state index is 14.2. The number of allylic oxidation sites excluding steroid dienone is 1. The number of carbonyl (C=O) groups is 1. The first-order chi connectivity index (χ1) is 18.5. The molecule has 1 amide bonds. The first-order valence-electron chi connectivity index (χ1n) is 13.2. The zero-order valence-corrected chi connectivity index (χ0v) is 23.1. The van der Waals surface area contributed by atoms with Gasteiger partial charge in [-0.2, -0.15) is 0 Å². The van der Waals surface area contributed by atoms with Crippen molar-refractivity contribution in [2.45, 2.75) is 56.9 Å². The summed E-state index contributed by atoms with van der Waals surface area (Å²) in [6, 6.07) is 18.3. The first-order valence-corrected chi connectivity index (χ1v) is 14.6. The van der Waals surface area contributed by atoms with Crippen LogP contribution in [-0.4, -0.2) is 28.8 Å². The van der Waals surface area contributed by atoms with Gasteiger partial charge in [0.05, 0.1) is 16.8 Å². The van der Waals surface area contributed by atoms with E-state index in [4.69, 9.17) is 0 Å². The second kappa shape index (κ2) is 10.4. The van der Waals surface area contributed by atoms with Crippen LogP contribution in [0.15, 0.2) is 83.9 Å². The summed E-state index contributed by atoms with van der Waals surface area (Å²) >= 11 is 0. The molecule has 4 aromatic rings. The highest BCUT2D eigenvalue weighted by molar-refractivity contribution is 7.90. The van der Waals surface area contributed by atoms with Crippen LogP contribution in [0.4, 0.5) is 4.39 Å². The van der Waals surface area contributed by atoms with E-state index in [2.05, 4.69) is 16.4 Å². The van der Waals surface area contributed by atoms with Crippen molar-refractivity contribution in [3.05, 3.63) is 102 Å². The summed E-state index contributed by atoms with van der Waals surface area (Å²) in [5, 5.41) is 3.36. The van der Waals surface area contributed by atoms with Crippen molar-refractivity contribution in [3.8, 4) is 0 Å². The molecule has 1 aliphatic rings. The van der Waals surface area contributed by atoms with Gasteiger partial charge in [0.2, 0.25) is 0 Å². The van der Waals surface area contributed by atoms with Crippen LogP contribution in [0, 0.1) is 11.7 Å². The number of aromatic nitrogens is 2. The second-order valence-corrected chi connectivity index (χ2v) is 12.9. The number of hydrogen-bond donors (Lipinski definition) is 1. The van der Waals surface area contributed by atoms with Crippen LogP contribution in [0.2, 0.25) is 0 Å². The maximum absolute atomic E-state index is 14.2. The molecule has 0 aliphatic heterocycles. The fourth-order valence-corrected chi connectivity index (χ4v) is 6.58. The Morgan fingerprint density at radius 3 is 2.28 bits per heavy atom. The van der Waals surface area contributed by atoms with E-state index < -0.39 is 15.8 Å². The molecule has 8 heteroatoms. The van der Waals surface area contributed by atoms with Gasteiger partial charge in [0.25, 0.3) is 15.9 Å². The lowest BCUT2D eigenvalue weighted by molar-refractivity contribution is 0.0919. The lowest BCUT2D eigenvalue weighted by atomic mass is 9.95. The molecule has 1 aliphatic carbocycles. The van der Waals surface area contributed by atoms with Crippen LogP contribution < -0.4 is 5.32 Å². The van der Waals surface area contributed by atoms with Gasteiger partial charge in [-0.15, -0.1) is 0 Å². The minimum absolute atomic E-state index is 0.115. The lowest BCUT2D eigenvalue weighted by Crippen LogP contribution is -2.40. The van der Waals surface area contributed by atoms with Gasteiger partial charge < -0.3 is 5.32 Å². The topological polar surface area (TPSA) is 81.1 Å². The van der Waals surface area contributed by atoms with E-state index in [1.807, 2.05) is 32.9 Å². The van der Waals surface area contributed by atoms with E-state index in [1.165, 1.54) is 22.2 Å². The van der Waals surface area contributed by atoms with Gasteiger partial charge >= 0.3 is 0 Å². The van der Waals surface area contributed by atoms with Crippen molar-refractivity contribution < 1.29 is 17.6 Å². The molecule has 39 heavy (non-hydrogen) atoms. The van der Waals surface area contributed by atoms with Gasteiger partial charge in [0, 0.05) is 22.1 Å². The van der Waals surface area contributed by atoms with Crippen molar-refractivity contribution in [1.82, 2.24) is 14.3 Å². The van der Waals surface area contributed by atoms with Gasteiger partial charge in [-0.1, -0.05) is 49.2 Å². The van der Waals surface area contributed by atoms with Crippen molar-refractivity contribution in [2.24, 2.45) is 5.92 Å². The van der Waals surface area contributed by atoms with Gasteiger partial charge in [-0.25, -0.2) is 21.8 Å². The standard InChI is InChI=1S/C31H32FN3O3S/c1-31(2,3)34-30(36)23-15-13-22(14-16-23)27(17-21-9-7-8-10-21)28-19-24-18-25(32)20-33-29(24)35(28)39(37,38)26-11-5-4-6-12-26/h4-6,11-21H,7-10H2,1-3H3,(H,34,36). The van der Waals surface area contributed by atoms with E-state index in [0.717, 1.165) is 37.4 Å². The van der Waals surface area contributed by atoms with Crippen molar-refractivity contribution in [1.29, 1.82) is 0 Å². The summed E-state index contributed by atoms with van der Waals surface area (Å²) in [6.07, 6.45) is 7.39. The Balaban J connectivity index is 1.70. The summed E-state index contributed by atoms with van der Waals surface area (Å²) in [4.78, 5) is 17.0. The minimum Gasteiger partial charge on any atom is -0.347 e. The molecule has 1 N–H and O–H groups in total. The fourth-order valence-electron chi connectivity index (χ4n) is 5.08. The molecule has 2 aromatic carbocycles. The largest absolute Gasteiger partial charge is 0.347 e. The summed E-state index contributed by atoms with van der Waals surface area (Å²) in [5.41, 5.74) is 2.18. The average Bonchev–Trinajstić information content (AvgIpc) is 3.54. The summed E-state index contributed by atoms with van der Waals surface area (Å²) in [5.74, 6) is -0.450. The summed E-state index contributed by atoms with van der Waals surface area (Å²) < 4.78 is 43.5. The number of rotatable bonds is 6. The Hall–Kier alpha value is -3.78. The second-order valence-electron chi connectivity index (χ2n) is 11.1. The minimum atomic E-state index is -4.07. The van der Waals surface area contributed by atoms with E-state index in [0.29, 0.717) is 22.2 Å². The highest BCUT2D eigenvalue weighted by Crippen LogP contribution is 2.36. The van der Waals surface area contributed by atoms with Crippen molar-refractivity contribution >= 4 is 32.5 Å². The normalized spacial score (nSPS) is 15.1. The highest BCUT2D eigenvalue weighted by Gasteiger charge is 2.27. The van der Waals surface area contributed by atoms with Crippen molar-refractivity contribution in [2.75, 3.05) is 0 Å². The molecule has 1 fully saturated rings. The number of fused-ring (bicyclic) bond motifs is 1. The highest BCUT2D eigenvalue weighted by atomic mass is 32.2. The number of amides is 1. The lowest BCUT2D eigenvalue weighted by Gasteiger charge is -2.20. The molecule has 0 saturated heterocycles. The third-order valence-corrected chi connectivity index (χ3v) is 8.59. The Morgan fingerprint density at radius 1 is 1.00 bits per heavy atom. The number of benzene rings is 2. The number of halogens is 1. The number of nitrogens with zero attached hydrogens (tertiary/aromatic N) is 2. The van der Waals surface area contributed by atoms with Gasteiger partial charge in [-0.05, 0) is 81.5 Å². The van der Waals surface area contributed by atoms with Gasteiger partial charge in [0.15, 0.2) is 5.65 Å². The maximum Gasteiger partial charge on any atom is 0.269 e. The van der Waals surface area contributed by atoms with E-state index in [9.17, 15) is 17.6 Å². The number of carbonyl (C=O) groups excluding carboxylic acids is 1. The zero-order valence-electron chi connectivity index (χ0n) is 22.3. The van der Waals surface area contributed by atoms with Gasteiger partial charge in [0.1, 0.15) is 5.82 Å². The number of pyridine rings is 1. The zero-order chi connectivity index (χ0) is 27.8.